The van der Waals surface area contributed by atoms with E-state index in [4.69, 9.17) is 0 Å². The third kappa shape index (κ3) is 4.52. The molecule has 9 heteroatoms. The first-order chi connectivity index (χ1) is 13.2. The van der Waals surface area contributed by atoms with E-state index in [0.29, 0.717) is 34.4 Å². The van der Waals surface area contributed by atoms with Crippen LogP contribution in [0.2, 0.25) is 0 Å². The van der Waals surface area contributed by atoms with E-state index in [1.807, 2.05) is 6.92 Å². The minimum atomic E-state index is -4.39. The number of halogens is 3. The van der Waals surface area contributed by atoms with Crippen LogP contribution in [-0.4, -0.2) is 34.8 Å². The number of aryl methyl sites for hydroxylation is 1. The third-order valence-corrected chi connectivity index (χ3v) is 5.73. The van der Waals surface area contributed by atoms with Crippen LogP contribution < -0.4 is 5.32 Å². The summed E-state index contributed by atoms with van der Waals surface area (Å²) in [7, 11) is 0. The Balaban J connectivity index is 1.68. The second-order valence-corrected chi connectivity index (χ2v) is 7.80. The highest BCUT2D eigenvalue weighted by Gasteiger charge is 2.34. The van der Waals surface area contributed by atoms with Gasteiger partial charge in [-0.15, -0.1) is 11.3 Å². The van der Waals surface area contributed by atoms with Crippen molar-refractivity contribution < 1.29 is 22.8 Å². The maximum absolute atomic E-state index is 12.9. The fraction of sp³-hybridized carbons (Fsp3) is 0.421. The number of likely N-dealkylation sites (tertiary alicyclic amines) is 1. The van der Waals surface area contributed by atoms with Crippen molar-refractivity contribution in [3.05, 3.63) is 46.1 Å². The number of carbonyl (C=O) groups excluding carboxylic acids is 2. The Hall–Kier alpha value is -2.42. The van der Waals surface area contributed by atoms with Gasteiger partial charge >= 0.3 is 6.18 Å². The summed E-state index contributed by atoms with van der Waals surface area (Å²) in [5, 5.41) is 4.00. The summed E-state index contributed by atoms with van der Waals surface area (Å²) in [5.41, 5.74) is 0.414. The Morgan fingerprint density at radius 3 is 2.79 bits per heavy atom. The highest BCUT2D eigenvalue weighted by atomic mass is 32.1. The number of benzene rings is 1. The van der Waals surface area contributed by atoms with Gasteiger partial charge in [0.1, 0.15) is 5.00 Å². The molecule has 5 nitrogen and oxygen atoms in total. The van der Waals surface area contributed by atoms with Crippen molar-refractivity contribution in [3.8, 4) is 0 Å². The number of aromatic nitrogens is 1. The lowest BCUT2D eigenvalue weighted by molar-refractivity contribution is -0.137. The smallest absolute Gasteiger partial charge is 0.342 e. The molecule has 1 saturated heterocycles. The van der Waals surface area contributed by atoms with E-state index in [1.165, 1.54) is 17.4 Å². The summed E-state index contributed by atoms with van der Waals surface area (Å²) in [6, 6.07) is 5.13. The molecule has 1 atom stereocenters. The van der Waals surface area contributed by atoms with E-state index in [9.17, 15) is 22.8 Å². The molecule has 1 fully saturated rings. The number of amides is 2. The molecule has 0 radical (unpaired) electrons. The SMILES string of the molecule is CCN1CC(C(=O)Nc2sc(Cc3cccc(C(F)(F)F)c3)nc2C)CC1=O. The van der Waals surface area contributed by atoms with Crippen molar-refractivity contribution in [1.82, 2.24) is 9.88 Å². The normalized spacial score (nSPS) is 17.2. The molecule has 2 amide bonds. The fourth-order valence-corrected chi connectivity index (χ4v) is 4.15. The number of carbonyl (C=O) groups is 2. The van der Waals surface area contributed by atoms with Crippen LogP contribution in [0.25, 0.3) is 0 Å². The molecule has 0 bridgehead atoms. The van der Waals surface area contributed by atoms with E-state index in [1.54, 1.807) is 17.9 Å². The van der Waals surface area contributed by atoms with Gasteiger partial charge in [0.25, 0.3) is 0 Å². The minimum absolute atomic E-state index is 0.0334. The van der Waals surface area contributed by atoms with Gasteiger partial charge in [-0.3, -0.25) is 9.59 Å². The van der Waals surface area contributed by atoms with Gasteiger partial charge in [-0.2, -0.15) is 13.2 Å². The topological polar surface area (TPSA) is 62.3 Å². The first-order valence-corrected chi connectivity index (χ1v) is 9.70. The first kappa shape index (κ1) is 20.3. The molecule has 1 aliphatic heterocycles. The van der Waals surface area contributed by atoms with Gasteiger partial charge in [-0.1, -0.05) is 18.2 Å². The van der Waals surface area contributed by atoms with Crippen molar-refractivity contribution in [3.63, 3.8) is 0 Å². The predicted molar refractivity (Wildman–Crippen MR) is 100 cm³/mol. The van der Waals surface area contributed by atoms with Gasteiger partial charge in [0, 0.05) is 25.9 Å². The maximum atomic E-state index is 12.9. The van der Waals surface area contributed by atoms with Crippen LogP contribution in [-0.2, 0) is 22.2 Å². The van der Waals surface area contributed by atoms with Crippen molar-refractivity contribution in [2.45, 2.75) is 32.9 Å². The summed E-state index contributed by atoms with van der Waals surface area (Å²) < 4.78 is 38.6. The first-order valence-electron chi connectivity index (χ1n) is 8.88. The molecule has 2 aromatic rings. The number of rotatable bonds is 5. The average molecular weight is 411 g/mol. The van der Waals surface area contributed by atoms with Crippen LogP contribution in [0.1, 0.15) is 35.2 Å². The van der Waals surface area contributed by atoms with Gasteiger partial charge in [0.05, 0.1) is 22.2 Å². The van der Waals surface area contributed by atoms with Gasteiger partial charge in [-0.05, 0) is 25.5 Å². The maximum Gasteiger partial charge on any atom is 0.416 e. The number of thiazole rings is 1. The molecule has 1 N–H and O–H groups in total. The molecule has 1 unspecified atom stereocenters. The molecule has 1 aromatic carbocycles. The fourth-order valence-electron chi connectivity index (χ4n) is 3.14. The van der Waals surface area contributed by atoms with Crippen LogP contribution in [0.5, 0.6) is 0 Å². The van der Waals surface area contributed by atoms with E-state index < -0.39 is 17.7 Å². The molecule has 1 aliphatic rings. The number of nitrogens with one attached hydrogen (secondary N) is 1. The van der Waals surface area contributed by atoms with Crippen molar-refractivity contribution in [1.29, 1.82) is 0 Å². The largest absolute Gasteiger partial charge is 0.416 e. The van der Waals surface area contributed by atoms with Crippen molar-refractivity contribution in [2.24, 2.45) is 5.92 Å². The zero-order valence-corrected chi connectivity index (χ0v) is 16.3. The molecule has 0 spiro atoms. The minimum Gasteiger partial charge on any atom is -0.342 e. The van der Waals surface area contributed by atoms with Gasteiger partial charge in [0.15, 0.2) is 0 Å². The van der Waals surface area contributed by atoms with Crippen LogP contribution in [0.15, 0.2) is 24.3 Å². The lowest BCUT2D eigenvalue weighted by Gasteiger charge is -2.13. The Morgan fingerprint density at radius 2 is 2.14 bits per heavy atom. The molecule has 2 heterocycles. The van der Waals surface area contributed by atoms with E-state index in [-0.39, 0.29) is 24.7 Å². The molecule has 3 rings (SSSR count). The standard InChI is InChI=1S/C19H20F3N3O2S/c1-3-25-10-13(9-16(25)26)17(27)24-18-11(2)23-15(28-18)8-12-5-4-6-14(7-12)19(20,21)22/h4-7,13H,3,8-10H2,1-2H3,(H,24,27). The monoisotopic (exact) mass is 411 g/mol. The number of hydrogen-bond acceptors (Lipinski definition) is 4. The van der Waals surface area contributed by atoms with E-state index >= 15 is 0 Å². The Bertz CT molecular complexity index is 895. The predicted octanol–water partition coefficient (Wildman–Crippen LogP) is 3.87. The van der Waals surface area contributed by atoms with Crippen molar-refractivity contribution >= 4 is 28.2 Å². The van der Waals surface area contributed by atoms with Crippen LogP contribution in [0, 0.1) is 12.8 Å². The zero-order chi connectivity index (χ0) is 20.5. The quantitative estimate of drug-likeness (QED) is 0.813. The highest BCUT2D eigenvalue weighted by molar-refractivity contribution is 7.16. The van der Waals surface area contributed by atoms with Crippen LogP contribution in [0.3, 0.4) is 0 Å². The number of anilines is 1. The third-order valence-electron chi connectivity index (χ3n) is 4.65. The summed E-state index contributed by atoms with van der Waals surface area (Å²) in [5.74, 6) is -0.670. The molecule has 150 valence electrons. The Morgan fingerprint density at radius 1 is 1.39 bits per heavy atom. The Kier molecular flexibility index (Phi) is 5.74. The van der Waals surface area contributed by atoms with Crippen molar-refractivity contribution in [2.75, 3.05) is 18.4 Å². The second-order valence-electron chi connectivity index (χ2n) is 6.72. The van der Waals surface area contributed by atoms with Crippen LogP contribution in [0.4, 0.5) is 18.2 Å². The molecule has 0 saturated carbocycles. The number of hydrogen-bond donors (Lipinski definition) is 1. The highest BCUT2D eigenvalue weighted by Crippen LogP contribution is 2.31. The molecule has 1 aromatic heterocycles. The summed E-state index contributed by atoms with van der Waals surface area (Å²) in [6.07, 6.45) is -3.95. The van der Waals surface area contributed by atoms with E-state index in [2.05, 4.69) is 10.3 Å². The Labute approximate surface area is 164 Å². The number of alkyl halides is 3. The summed E-state index contributed by atoms with van der Waals surface area (Å²) in [4.78, 5) is 30.3. The summed E-state index contributed by atoms with van der Waals surface area (Å²) in [6.45, 7) is 4.57. The lowest BCUT2D eigenvalue weighted by Crippen LogP contribution is -2.28. The zero-order valence-electron chi connectivity index (χ0n) is 15.5. The molecule has 28 heavy (non-hydrogen) atoms. The molecule has 0 aliphatic carbocycles. The van der Waals surface area contributed by atoms with Crippen LogP contribution >= 0.6 is 11.3 Å². The second kappa shape index (κ2) is 7.90. The molecular formula is C19H20F3N3O2S. The van der Waals surface area contributed by atoms with E-state index in [0.717, 1.165) is 12.1 Å². The summed E-state index contributed by atoms with van der Waals surface area (Å²) >= 11 is 1.24. The van der Waals surface area contributed by atoms with Gasteiger partial charge < -0.3 is 10.2 Å². The average Bonchev–Trinajstić information content (AvgIpc) is 3.17. The number of nitrogens with zero attached hydrogens (tertiary/aromatic N) is 2. The van der Waals surface area contributed by atoms with Gasteiger partial charge in [-0.25, -0.2) is 4.98 Å². The van der Waals surface area contributed by atoms with Gasteiger partial charge in [0.2, 0.25) is 11.8 Å². The lowest BCUT2D eigenvalue weighted by atomic mass is 10.1. The molecular weight excluding hydrogens is 391 g/mol.